The minimum absolute atomic E-state index is 0.0400. The minimum Gasteiger partial charge on any atom is -0.392 e. The molecule has 5 nitrogen and oxygen atoms in total. The van der Waals surface area contributed by atoms with Gasteiger partial charge in [0.15, 0.2) is 0 Å². The lowest BCUT2D eigenvalue weighted by Gasteiger charge is -2.42. The molecule has 2 atom stereocenters. The quantitative estimate of drug-likeness (QED) is 0.627. The van der Waals surface area contributed by atoms with E-state index in [-0.39, 0.29) is 24.5 Å². The van der Waals surface area contributed by atoms with Gasteiger partial charge in [0.05, 0.1) is 18.6 Å². The molecule has 1 aliphatic heterocycles. The molecule has 1 aliphatic carbocycles. The third-order valence-electron chi connectivity index (χ3n) is 6.34. The lowest BCUT2D eigenvalue weighted by Crippen LogP contribution is -2.47. The number of hydrogen-bond acceptors (Lipinski definition) is 3. The molecule has 2 aliphatic rings. The molecule has 1 saturated carbocycles. The summed E-state index contributed by atoms with van der Waals surface area (Å²) in [5, 5.41) is 12.6. The van der Waals surface area contributed by atoms with Gasteiger partial charge in [0.1, 0.15) is 0 Å². The van der Waals surface area contributed by atoms with Crippen LogP contribution in [0.2, 0.25) is 0 Å². The fourth-order valence-electron chi connectivity index (χ4n) is 4.54. The van der Waals surface area contributed by atoms with Crippen molar-refractivity contribution < 1.29 is 14.7 Å². The number of hydrogen-bond donors (Lipinski definition) is 2. The van der Waals surface area contributed by atoms with E-state index >= 15 is 0 Å². The van der Waals surface area contributed by atoms with Gasteiger partial charge in [-0.05, 0) is 41.2 Å². The van der Waals surface area contributed by atoms with Crippen LogP contribution in [-0.4, -0.2) is 27.9 Å². The molecule has 1 heterocycles. The van der Waals surface area contributed by atoms with Gasteiger partial charge in [-0.3, -0.25) is 9.59 Å². The average Bonchev–Trinajstić information content (AvgIpc) is 3.65. The Labute approximate surface area is 187 Å². The van der Waals surface area contributed by atoms with Gasteiger partial charge in [0, 0.05) is 18.2 Å². The van der Waals surface area contributed by atoms with Gasteiger partial charge in [-0.15, -0.1) is 0 Å². The second-order valence-electron chi connectivity index (χ2n) is 8.61. The molecule has 0 unspecified atom stereocenters. The molecule has 3 aromatic carbocycles. The highest BCUT2D eigenvalue weighted by Gasteiger charge is 2.45. The number of amides is 2. The zero-order chi connectivity index (χ0) is 22.1. The standard InChI is InChI=1S/C27H26N2O3/c30-17-19-10-12-20(13-11-19)25-24(26(31)28-21-14-15-21)22-8-4-5-9-23(22)27(32)29(25)16-18-6-2-1-3-7-18/h1-13,21,24-25,30H,14-17H2,(H,28,31)/t24-,25+/m1/s1. The van der Waals surface area contributed by atoms with E-state index in [9.17, 15) is 14.7 Å². The van der Waals surface area contributed by atoms with Crippen molar-refractivity contribution in [1.29, 1.82) is 0 Å². The first-order chi connectivity index (χ1) is 15.7. The van der Waals surface area contributed by atoms with Crippen LogP contribution in [0.3, 0.4) is 0 Å². The molecule has 0 saturated heterocycles. The molecule has 3 aromatic rings. The highest BCUT2D eigenvalue weighted by molar-refractivity contribution is 6.01. The van der Waals surface area contributed by atoms with Crippen LogP contribution in [0.15, 0.2) is 78.9 Å². The molecule has 5 heteroatoms. The van der Waals surface area contributed by atoms with Crippen LogP contribution >= 0.6 is 0 Å². The van der Waals surface area contributed by atoms with Crippen LogP contribution in [-0.2, 0) is 17.9 Å². The number of fused-ring (bicyclic) bond motifs is 1. The Morgan fingerprint density at radius 1 is 0.906 bits per heavy atom. The smallest absolute Gasteiger partial charge is 0.255 e. The van der Waals surface area contributed by atoms with Crippen molar-refractivity contribution >= 4 is 11.8 Å². The largest absolute Gasteiger partial charge is 0.392 e. The van der Waals surface area contributed by atoms with Crippen molar-refractivity contribution in [3.05, 3.63) is 107 Å². The van der Waals surface area contributed by atoms with E-state index in [1.54, 1.807) is 0 Å². The summed E-state index contributed by atoms with van der Waals surface area (Å²) in [5.74, 6) is -0.619. The van der Waals surface area contributed by atoms with Crippen LogP contribution in [0.4, 0.5) is 0 Å². The normalized spacial score (nSPS) is 20.0. The molecule has 2 amide bonds. The zero-order valence-corrected chi connectivity index (χ0v) is 17.8. The number of aliphatic hydroxyl groups excluding tert-OH is 1. The highest BCUT2D eigenvalue weighted by atomic mass is 16.3. The van der Waals surface area contributed by atoms with Gasteiger partial charge in [-0.2, -0.15) is 0 Å². The Hall–Kier alpha value is -3.44. The van der Waals surface area contributed by atoms with Crippen molar-refractivity contribution in [2.24, 2.45) is 0 Å². The molecule has 162 valence electrons. The van der Waals surface area contributed by atoms with E-state index in [4.69, 9.17) is 0 Å². The Bertz CT molecular complexity index is 1120. The number of nitrogens with one attached hydrogen (secondary N) is 1. The lowest BCUT2D eigenvalue weighted by atomic mass is 9.78. The van der Waals surface area contributed by atoms with Crippen LogP contribution in [0.1, 0.15) is 57.4 Å². The van der Waals surface area contributed by atoms with E-state index in [0.29, 0.717) is 12.1 Å². The van der Waals surface area contributed by atoms with Crippen LogP contribution < -0.4 is 5.32 Å². The number of rotatable bonds is 6. The fraction of sp³-hybridized carbons (Fsp3) is 0.259. The summed E-state index contributed by atoms with van der Waals surface area (Å²) in [6.45, 7) is 0.361. The summed E-state index contributed by atoms with van der Waals surface area (Å²) in [6, 6.07) is 24.7. The molecule has 0 radical (unpaired) electrons. The maximum Gasteiger partial charge on any atom is 0.255 e. The molecule has 32 heavy (non-hydrogen) atoms. The Balaban J connectivity index is 1.63. The molecule has 0 aromatic heterocycles. The minimum atomic E-state index is -0.506. The van der Waals surface area contributed by atoms with Gasteiger partial charge < -0.3 is 15.3 Å². The Morgan fingerprint density at radius 3 is 2.28 bits per heavy atom. The first kappa shape index (κ1) is 20.5. The second-order valence-corrected chi connectivity index (χ2v) is 8.61. The molecule has 2 N–H and O–H groups in total. The van der Waals surface area contributed by atoms with Gasteiger partial charge >= 0.3 is 0 Å². The maximum absolute atomic E-state index is 13.7. The van der Waals surface area contributed by atoms with Crippen molar-refractivity contribution in [2.75, 3.05) is 0 Å². The molecular formula is C27H26N2O3. The molecule has 1 fully saturated rings. The average molecular weight is 427 g/mol. The molecule has 5 rings (SSSR count). The first-order valence-electron chi connectivity index (χ1n) is 11.1. The van der Waals surface area contributed by atoms with E-state index in [1.165, 1.54) is 0 Å². The van der Waals surface area contributed by atoms with Crippen molar-refractivity contribution in [3.8, 4) is 0 Å². The van der Waals surface area contributed by atoms with Crippen LogP contribution in [0, 0.1) is 0 Å². The SMILES string of the molecule is O=C(NC1CC1)[C@@H]1c2ccccc2C(=O)N(Cc2ccccc2)[C@H]1c1ccc(CO)cc1. The highest BCUT2D eigenvalue weighted by Crippen LogP contribution is 2.44. The number of nitrogens with zero attached hydrogens (tertiary/aromatic N) is 1. The molecule has 0 spiro atoms. The summed E-state index contributed by atoms with van der Waals surface area (Å²) in [7, 11) is 0. The summed E-state index contributed by atoms with van der Waals surface area (Å²) in [4.78, 5) is 29.0. The summed E-state index contributed by atoms with van der Waals surface area (Å²) in [5.41, 5.74) is 4.05. The van der Waals surface area contributed by atoms with E-state index in [1.807, 2.05) is 83.8 Å². The number of aliphatic hydroxyl groups is 1. The Morgan fingerprint density at radius 2 is 1.59 bits per heavy atom. The topological polar surface area (TPSA) is 69.6 Å². The predicted octanol–water partition coefficient (Wildman–Crippen LogP) is 3.94. The maximum atomic E-state index is 13.7. The third kappa shape index (κ3) is 3.92. The number of benzene rings is 3. The summed E-state index contributed by atoms with van der Waals surface area (Å²) >= 11 is 0. The van der Waals surface area contributed by atoms with Crippen molar-refractivity contribution in [1.82, 2.24) is 10.2 Å². The third-order valence-corrected chi connectivity index (χ3v) is 6.34. The number of carbonyl (C=O) groups excluding carboxylic acids is 2. The predicted molar refractivity (Wildman–Crippen MR) is 122 cm³/mol. The van der Waals surface area contributed by atoms with E-state index in [2.05, 4.69) is 5.32 Å². The monoisotopic (exact) mass is 426 g/mol. The van der Waals surface area contributed by atoms with Crippen molar-refractivity contribution in [3.63, 3.8) is 0 Å². The van der Waals surface area contributed by atoms with Gasteiger partial charge in [0.25, 0.3) is 5.91 Å². The molecular weight excluding hydrogens is 400 g/mol. The number of carbonyl (C=O) groups is 2. The molecule has 0 bridgehead atoms. The zero-order valence-electron chi connectivity index (χ0n) is 17.8. The van der Waals surface area contributed by atoms with Crippen LogP contribution in [0.5, 0.6) is 0 Å². The van der Waals surface area contributed by atoms with E-state index in [0.717, 1.165) is 35.1 Å². The van der Waals surface area contributed by atoms with Gasteiger partial charge in [0.2, 0.25) is 5.91 Å². The van der Waals surface area contributed by atoms with Gasteiger partial charge in [-0.25, -0.2) is 0 Å². The second kappa shape index (κ2) is 8.60. The summed E-state index contributed by atoms with van der Waals surface area (Å²) < 4.78 is 0. The Kier molecular flexibility index (Phi) is 5.50. The van der Waals surface area contributed by atoms with Crippen molar-refractivity contribution in [2.45, 2.75) is 44.0 Å². The van der Waals surface area contributed by atoms with E-state index < -0.39 is 12.0 Å². The van der Waals surface area contributed by atoms with Crippen LogP contribution in [0.25, 0.3) is 0 Å². The van der Waals surface area contributed by atoms with Gasteiger partial charge in [-0.1, -0.05) is 72.8 Å². The first-order valence-corrected chi connectivity index (χ1v) is 11.1. The summed E-state index contributed by atoms with van der Waals surface area (Å²) in [6.07, 6.45) is 2.01. The lowest BCUT2D eigenvalue weighted by molar-refractivity contribution is -0.124. The fourth-order valence-corrected chi connectivity index (χ4v) is 4.54.